The van der Waals surface area contributed by atoms with Gasteiger partial charge in [-0.3, -0.25) is 4.79 Å². The van der Waals surface area contributed by atoms with E-state index in [1.807, 2.05) is 36.4 Å². The maximum atomic E-state index is 12.1. The van der Waals surface area contributed by atoms with Crippen molar-refractivity contribution in [1.29, 1.82) is 5.26 Å². The monoisotopic (exact) mass is 353 g/mol. The van der Waals surface area contributed by atoms with E-state index in [0.29, 0.717) is 22.7 Å². The number of aromatic nitrogens is 1. The molecule has 0 fully saturated rings. The third kappa shape index (κ3) is 5.19. The molecular weight excluding hydrogens is 338 g/mol. The lowest BCUT2D eigenvalue weighted by Gasteiger charge is -2.08. The van der Waals surface area contributed by atoms with Crippen molar-refractivity contribution in [3.05, 3.63) is 89.7 Å². The molecule has 0 bridgehead atoms. The maximum absolute atomic E-state index is 12.1. The number of rotatable bonds is 4. The highest BCUT2D eigenvalue weighted by atomic mass is 16.5. The predicted octanol–water partition coefficient (Wildman–Crippen LogP) is 3.37. The molecule has 130 valence electrons. The van der Waals surface area contributed by atoms with Gasteiger partial charge in [-0.15, -0.1) is 0 Å². The predicted molar refractivity (Wildman–Crippen MR) is 102 cm³/mol. The molecule has 5 heteroatoms. The minimum absolute atomic E-state index is 0.192. The molecule has 3 rings (SSSR count). The molecule has 0 atom stereocenters. The second kappa shape index (κ2) is 8.84. The number of ether oxygens (including phenoxy) is 1. The molecule has 0 aliphatic carbocycles. The summed E-state index contributed by atoms with van der Waals surface area (Å²) in [6, 6.07) is 21.5. The summed E-state index contributed by atoms with van der Waals surface area (Å²) in [5.74, 6) is 6.05. The van der Waals surface area contributed by atoms with Crippen LogP contribution in [-0.4, -0.2) is 17.5 Å². The highest BCUT2D eigenvalue weighted by Gasteiger charge is 2.07. The summed E-state index contributed by atoms with van der Waals surface area (Å²) in [6.45, 7) is -0.192. The minimum Gasteiger partial charge on any atom is -0.482 e. The molecule has 5 nitrogen and oxygen atoms in total. The standard InChI is InChI=1S/C22H15N3O2/c23-15-18-7-1-2-10-21(18)27-16-22(26)25-20-9-5-6-17(14-20)11-12-19-8-3-4-13-24-19/h1-10,13-14H,16H2,(H,25,26). The lowest BCUT2D eigenvalue weighted by molar-refractivity contribution is -0.118. The van der Waals surface area contributed by atoms with Crippen LogP contribution in [0.3, 0.4) is 0 Å². The second-order valence-corrected chi connectivity index (χ2v) is 5.49. The van der Waals surface area contributed by atoms with Crippen LogP contribution in [0, 0.1) is 23.2 Å². The van der Waals surface area contributed by atoms with Crippen molar-refractivity contribution < 1.29 is 9.53 Å². The Labute approximate surface area is 157 Å². The van der Waals surface area contributed by atoms with Gasteiger partial charge in [0.25, 0.3) is 5.91 Å². The Kier molecular flexibility index (Phi) is 5.81. The Morgan fingerprint density at radius 1 is 1.04 bits per heavy atom. The molecule has 0 aliphatic rings. The van der Waals surface area contributed by atoms with Gasteiger partial charge in [-0.2, -0.15) is 5.26 Å². The van der Waals surface area contributed by atoms with E-state index in [-0.39, 0.29) is 12.5 Å². The molecule has 27 heavy (non-hydrogen) atoms. The summed E-state index contributed by atoms with van der Waals surface area (Å²) in [5, 5.41) is 11.8. The van der Waals surface area contributed by atoms with Crippen LogP contribution in [0.5, 0.6) is 5.75 Å². The molecular formula is C22H15N3O2. The fourth-order valence-electron chi connectivity index (χ4n) is 2.27. The number of nitrogens with one attached hydrogen (secondary N) is 1. The first-order chi connectivity index (χ1) is 13.2. The Hall–Kier alpha value is -4.09. The summed E-state index contributed by atoms with van der Waals surface area (Å²) in [4.78, 5) is 16.3. The molecule has 3 aromatic rings. The van der Waals surface area contributed by atoms with Crippen LogP contribution in [0.1, 0.15) is 16.8 Å². The van der Waals surface area contributed by atoms with Crippen molar-refractivity contribution in [1.82, 2.24) is 4.98 Å². The van der Waals surface area contributed by atoms with Gasteiger partial charge < -0.3 is 10.1 Å². The van der Waals surface area contributed by atoms with Crippen molar-refractivity contribution in [2.24, 2.45) is 0 Å². The van der Waals surface area contributed by atoms with Crippen LogP contribution in [0.2, 0.25) is 0 Å². The summed E-state index contributed by atoms with van der Waals surface area (Å²) >= 11 is 0. The number of para-hydroxylation sites is 1. The SMILES string of the molecule is N#Cc1ccccc1OCC(=O)Nc1cccc(C#Cc2ccccn2)c1. The van der Waals surface area contributed by atoms with E-state index in [1.54, 1.807) is 42.6 Å². The number of nitriles is 1. The fourth-order valence-corrected chi connectivity index (χ4v) is 2.27. The minimum atomic E-state index is -0.322. The van der Waals surface area contributed by atoms with Crippen molar-refractivity contribution in [2.45, 2.75) is 0 Å². The van der Waals surface area contributed by atoms with Gasteiger partial charge in [-0.05, 0) is 48.4 Å². The Morgan fingerprint density at radius 2 is 1.89 bits per heavy atom. The van der Waals surface area contributed by atoms with E-state index in [1.165, 1.54) is 0 Å². The topological polar surface area (TPSA) is 75.0 Å². The first-order valence-electron chi connectivity index (χ1n) is 8.19. The summed E-state index contributed by atoms with van der Waals surface area (Å²) in [6.07, 6.45) is 1.69. The van der Waals surface area contributed by atoms with Crippen LogP contribution in [0.15, 0.2) is 72.9 Å². The second-order valence-electron chi connectivity index (χ2n) is 5.49. The zero-order chi connectivity index (χ0) is 18.9. The van der Waals surface area contributed by atoms with Crippen LogP contribution in [0.4, 0.5) is 5.69 Å². The number of benzene rings is 2. The highest BCUT2D eigenvalue weighted by Crippen LogP contribution is 2.16. The molecule has 0 unspecified atom stereocenters. The largest absolute Gasteiger partial charge is 0.482 e. The number of pyridine rings is 1. The number of hydrogen-bond donors (Lipinski definition) is 1. The van der Waals surface area contributed by atoms with E-state index in [0.717, 1.165) is 5.56 Å². The van der Waals surface area contributed by atoms with E-state index in [4.69, 9.17) is 10.00 Å². The van der Waals surface area contributed by atoms with E-state index >= 15 is 0 Å². The number of amides is 1. The van der Waals surface area contributed by atoms with Gasteiger partial charge in [0.2, 0.25) is 0 Å². The van der Waals surface area contributed by atoms with Crippen molar-refractivity contribution in [3.63, 3.8) is 0 Å². The van der Waals surface area contributed by atoms with E-state index in [9.17, 15) is 4.79 Å². The number of hydrogen-bond acceptors (Lipinski definition) is 4. The lowest BCUT2D eigenvalue weighted by atomic mass is 10.2. The van der Waals surface area contributed by atoms with Gasteiger partial charge in [0.15, 0.2) is 6.61 Å². The summed E-state index contributed by atoms with van der Waals surface area (Å²) < 4.78 is 5.43. The van der Waals surface area contributed by atoms with Gasteiger partial charge in [0.05, 0.1) is 5.56 Å². The number of carbonyl (C=O) groups excluding carboxylic acids is 1. The van der Waals surface area contributed by atoms with Gasteiger partial charge in [0, 0.05) is 17.4 Å². The molecule has 0 aliphatic heterocycles. The number of anilines is 1. The van der Waals surface area contributed by atoms with Crippen molar-refractivity contribution in [2.75, 3.05) is 11.9 Å². The molecule has 1 aromatic heterocycles. The van der Waals surface area contributed by atoms with E-state index in [2.05, 4.69) is 22.1 Å². The lowest BCUT2D eigenvalue weighted by Crippen LogP contribution is -2.20. The van der Waals surface area contributed by atoms with Crippen LogP contribution < -0.4 is 10.1 Å². The van der Waals surface area contributed by atoms with Crippen LogP contribution >= 0.6 is 0 Å². The quantitative estimate of drug-likeness (QED) is 0.730. The van der Waals surface area contributed by atoms with Crippen LogP contribution in [-0.2, 0) is 4.79 Å². The first-order valence-corrected chi connectivity index (χ1v) is 8.19. The van der Waals surface area contributed by atoms with Gasteiger partial charge in [-0.25, -0.2) is 4.98 Å². The molecule has 1 heterocycles. The van der Waals surface area contributed by atoms with Crippen molar-refractivity contribution in [3.8, 4) is 23.7 Å². The third-order valence-corrected chi connectivity index (χ3v) is 3.51. The molecule has 0 saturated heterocycles. The maximum Gasteiger partial charge on any atom is 0.262 e. The smallest absolute Gasteiger partial charge is 0.262 e. The Morgan fingerprint density at radius 3 is 2.70 bits per heavy atom. The zero-order valence-electron chi connectivity index (χ0n) is 14.3. The summed E-state index contributed by atoms with van der Waals surface area (Å²) in [5.41, 5.74) is 2.44. The van der Waals surface area contributed by atoms with Gasteiger partial charge >= 0.3 is 0 Å². The normalized spacial score (nSPS) is 9.44. The zero-order valence-corrected chi connectivity index (χ0v) is 14.3. The molecule has 0 saturated carbocycles. The summed E-state index contributed by atoms with van der Waals surface area (Å²) in [7, 11) is 0. The van der Waals surface area contributed by atoms with Gasteiger partial charge in [0.1, 0.15) is 17.5 Å². The van der Waals surface area contributed by atoms with Crippen LogP contribution in [0.25, 0.3) is 0 Å². The highest BCUT2D eigenvalue weighted by molar-refractivity contribution is 5.92. The Bertz CT molecular complexity index is 1040. The number of nitrogens with zero attached hydrogens (tertiary/aromatic N) is 2. The fraction of sp³-hybridized carbons (Fsp3) is 0.0455. The molecule has 0 radical (unpaired) electrons. The van der Waals surface area contributed by atoms with E-state index < -0.39 is 0 Å². The average Bonchev–Trinajstić information content (AvgIpc) is 2.72. The molecule has 0 spiro atoms. The van der Waals surface area contributed by atoms with Gasteiger partial charge in [-0.1, -0.05) is 30.2 Å². The molecule has 1 N–H and O–H groups in total. The van der Waals surface area contributed by atoms with Crippen molar-refractivity contribution >= 4 is 11.6 Å². The Balaban J connectivity index is 1.62. The molecule has 2 aromatic carbocycles. The average molecular weight is 353 g/mol. The third-order valence-electron chi connectivity index (χ3n) is 3.51. The first kappa shape index (κ1) is 17.7. The number of carbonyl (C=O) groups is 1. The molecule has 1 amide bonds.